The van der Waals surface area contributed by atoms with Gasteiger partial charge in [0.05, 0.1) is 31.0 Å². The molecule has 3 rings (SSSR count). The maximum absolute atomic E-state index is 12.9. The van der Waals surface area contributed by atoms with Gasteiger partial charge in [0.15, 0.2) is 0 Å². The molecule has 2 N–H and O–H groups in total. The third-order valence-electron chi connectivity index (χ3n) is 5.46. The largest absolute Gasteiger partial charge is 0.465 e. The summed E-state index contributed by atoms with van der Waals surface area (Å²) in [5.74, 6) is -1.83. The minimum atomic E-state index is -0.662. The molecule has 168 valence electrons. The highest BCUT2D eigenvalue weighted by atomic mass is 16.5. The molecule has 0 saturated heterocycles. The van der Waals surface area contributed by atoms with Gasteiger partial charge >= 0.3 is 11.9 Å². The molecule has 0 atom stereocenters. The number of rotatable bonds is 6. The zero-order valence-corrected chi connectivity index (χ0v) is 18.1. The lowest BCUT2D eigenvalue weighted by Crippen LogP contribution is -2.25. The molecule has 1 saturated carbocycles. The molecule has 1 aliphatic carbocycles. The Morgan fingerprint density at radius 3 is 2.22 bits per heavy atom. The van der Waals surface area contributed by atoms with E-state index in [2.05, 4.69) is 10.6 Å². The van der Waals surface area contributed by atoms with E-state index in [9.17, 15) is 19.2 Å². The highest BCUT2D eigenvalue weighted by molar-refractivity contribution is 6.09. The number of hydrogen-bond acceptors (Lipinski definition) is 6. The second-order valence-electron chi connectivity index (χ2n) is 7.60. The first-order valence-electron chi connectivity index (χ1n) is 10.5. The van der Waals surface area contributed by atoms with Crippen LogP contribution in [0.1, 0.15) is 63.2 Å². The normalized spacial score (nSPS) is 13.7. The zero-order chi connectivity index (χ0) is 23.1. The molecule has 2 aromatic rings. The highest BCUT2D eigenvalue weighted by Crippen LogP contribution is 2.25. The number of esters is 2. The van der Waals surface area contributed by atoms with E-state index in [1.165, 1.54) is 32.4 Å². The van der Waals surface area contributed by atoms with Crippen molar-refractivity contribution in [2.24, 2.45) is 5.92 Å². The fourth-order valence-electron chi connectivity index (χ4n) is 3.72. The molecule has 0 heterocycles. The van der Waals surface area contributed by atoms with Crippen LogP contribution in [0.15, 0.2) is 42.5 Å². The number of amides is 2. The first kappa shape index (κ1) is 23.0. The third-order valence-corrected chi connectivity index (χ3v) is 5.46. The fraction of sp³-hybridized carbons (Fsp3) is 0.333. The summed E-state index contributed by atoms with van der Waals surface area (Å²) in [6, 6.07) is 10.7. The third kappa shape index (κ3) is 5.51. The summed E-state index contributed by atoms with van der Waals surface area (Å²) in [7, 11) is 2.46. The standard InChI is InChI=1S/C24H26N2O6/c1-31-23(29)17-11-12-19(24(30)32-2)20(14-17)26-22(28)16-9-6-10-18(13-16)25-21(27)15-7-4-3-5-8-15/h6,9-15H,3-5,7-8H2,1-2H3,(H,25,27)(H,26,28). The van der Waals surface area contributed by atoms with Gasteiger partial charge in [-0.15, -0.1) is 0 Å². The molecule has 1 aliphatic rings. The van der Waals surface area contributed by atoms with Gasteiger partial charge in [-0.1, -0.05) is 25.3 Å². The van der Waals surface area contributed by atoms with Crippen LogP contribution in [0.25, 0.3) is 0 Å². The molecule has 32 heavy (non-hydrogen) atoms. The van der Waals surface area contributed by atoms with Crippen LogP contribution in [0, 0.1) is 5.92 Å². The van der Waals surface area contributed by atoms with Crippen molar-refractivity contribution in [3.8, 4) is 0 Å². The van der Waals surface area contributed by atoms with Gasteiger partial charge in [-0.25, -0.2) is 9.59 Å². The van der Waals surface area contributed by atoms with Crippen LogP contribution in [-0.2, 0) is 14.3 Å². The average Bonchev–Trinajstić information content (AvgIpc) is 2.83. The summed E-state index contributed by atoms with van der Waals surface area (Å²) in [4.78, 5) is 49.3. The van der Waals surface area contributed by atoms with Crippen molar-refractivity contribution in [2.45, 2.75) is 32.1 Å². The van der Waals surface area contributed by atoms with E-state index in [4.69, 9.17) is 9.47 Å². The van der Waals surface area contributed by atoms with Crippen molar-refractivity contribution < 1.29 is 28.7 Å². The zero-order valence-electron chi connectivity index (χ0n) is 18.1. The van der Waals surface area contributed by atoms with Crippen molar-refractivity contribution in [1.82, 2.24) is 0 Å². The predicted octanol–water partition coefficient (Wildman–Crippen LogP) is 4.03. The predicted molar refractivity (Wildman–Crippen MR) is 119 cm³/mol. The van der Waals surface area contributed by atoms with Gasteiger partial charge in [-0.3, -0.25) is 9.59 Å². The molecule has 0 aliphatic heterocycles. The van der Waals surface area contributed by atoms with E-state index < -0.39 is 17.8 Å². The average molecular weight is 438 g/mol. The number of methoxy groups -OCH3 is 2. The van der Waals surface area contributed by atoms with Gasteiger partial charge in [0, 0.05) is 17.2 Å². The van der Waals surface area contributed by atoms with E-state index in [1.54, 1.807) is 24.3 Å². The molecule has 0 radical (unpaired) electrons. The van der Waals surface area contributed by atoms with E-state index in [0.29, 0.717) is 5.69 Å². The van der Waals surface area contributed by atoms with E-state index in [1.807, 2.05) is 0 Å². The van der Waals surface area contributed by atoms with Gasteiger partial charge < -0.3 is 20.1 Å². The van der Waals surface area contributed by atoms with Gasteiger partial charge in [0.1, 0.15) is 0 Å². The Morgan fingerprint density at radius 1 is 0.812 bits per heavy atom. The summed E-state index contributed by atoms with van der Waals surface area (Å²) in [6.07, 6.45) is 5.00. The molecule has 8 heteroatoms. The van der Waals surface area contributed by atoms with Gasteiger partial charge in [0.2, 0.25) is 5.91 Å². The molecule has 2 amide bonds. The van der Waals surface area contributed by atoms with Crippen LogP contribution in [-0.4, -0.2) is 38.0 Å². The second-order valence-corrected chi connectivity index (χ2v) is 7.60. The summed E-state index contributed by atoms with van der Waals surface area (Å²) >= 11 is 0. The molecule has 0 unspecified atom stereocenters. The molecular formula is C24H26N2O6. The van der Waals surface area contributed by atoms with E-state index >= 15 is 0 Å². The van der Waals surface area contributed by atoms with Crippen molar-refractivity contribution in [3.63, 3.8) is 0 Å². The van der Waals surface area contributed by atoms with E-state index in [-0.39, 0.29) is 34.2 Å². The minimum absolute atomic E-state index is 0.00934. The van der Waals surface area contributed by atoms with Crippen LogP contribution in [0.5, 0.6) is 0 Å². The molecule has 0 aromatic heterocycles. The molecular weight excluding hydrogens is 412 g/mol. The first-order valence-corrected chi connectivity index (χ1v) is 10.5. The lowest BCUT2D eigenvalue weighted by molar-refractivity contribution is -0.120. The van der Waals surface area contributed by atoms with Crippen molar-refractivity contribution in [2.75, 3.05) is 24.9 Å². The van der Waals surface area contributed by atoms with Crippen LogP contribution in [0.2, 0.25) is 0 Å². The quantitative estimate of drug-likeness (QED) is 0.659. The van der Waals surface area contributed by atoms with E-state index in [0.717, 1.165) is 32.1 Å². The molecule has 8 nitrogen and oxygen atoms in total. The topological polar surface area (TPSA) is 111 Å². The number of carbonyl (C=O) groups excluding carboxylic acids is 4. The number of benzene rings is 2. The van der Waals surface area contributed by atoms with Crippen molar-refractivity contribution in [1.29, 1.82) is 0 Å². The Labute approximate surface area is 186 Å². The Morgan fingerprint density at radius 2 is 1.53 bits per heavy atom. The van der Waals surface area contributed by atoms with Crippen molar-refractivity contribution in [3.05, 3.63) is 59.2 Å². The Balaban J connectivity index is 1.79. The van der Waals surface area contributed by atoms with Gasteiger partial charge in [-0.05, 0) is 49.2 Å². The van der Waals surface area contributed by atoms with Crippen LogP contribution in [0.4, 0.5) is 11.4 Å². The van der Waals surface area contributed by atoms with Gasteiger partial charge in [-0.2, -0.15) is 0 Å². The van der Waals surface area contributed by atoms with Crippen molar-refractivity contribution >= 4 is 35.1 Å². The van der Waals surface area contributed by atoms with Gasteiger partial charge in [0.25, 0.3) is 5.91 Å². The fourth-order valence-corrected chi connectivity index (χ4v) is 3.72. The maximum atomic E-state index is 12.9. The lowest BCUT2D eigenvalue weighted by atomic mass is 9.88. The Hall–Kier alpha value is -3.68. The number of nitrogens with one attached hydrogen (secondary N) is 2. The summed E-state index contributed by atoms with van der Waals surface area (Å²) < 4.78 is 9.46. The second kappa shape index (κ2) is 10.6. The Kier molecular flexibility index (Phi) is 7.59. The SMILES string of the molecule is COC(=O)c1ccc(C(=O)OC)c(NC(=O)c2cccc(NC(=O)C3CCCCC3)c2)c1. The number of carbonyl (C=O) groups is 4. The Bertz CT molecular complexity index is 1030. The summed E-state index contributed by atoms with van der Waals surface area (Å²) in [6.45, 7) is 0. The highest BCUT2D eigenvalue weighted by Gasteiger charge is 2.22. The number of hydrogen-bond donors (Lipinski definition) is 2. The van der Waals surface area contributed by atoms with Crippen LogP contribution >= 0.6 is 0 Å². The number of ether oxygens (including phenoxy) is 2. The molecule has 0 spiro atoms. The van der Waals surface area contributed by atoms with Crippen LogP contribution in [0.3, 0.4) is 0 Å². The molecule has 0 bridgehead atoms. The maximum Gasteiger partial charge on any atom is 0.339 e. The summed E-state index contributed by atoms with van der Waals surface area (Å²) in [5, 5.41) is 5.53. The van der Waals surface area contributed by atoms with Crippen LogP contribution < -0.4 is 10.6 Å². The number of anilines is 2. The molecule has 2 aromatic carbocycles. The first-order chi connectivity index (χ1) is 15.4. The smallest absolute Gasteiger partial charge is 0.339 e. The minimum Gasteiger partial charge on any atom is -0.465 e. The lowest BCUT2D eigenvalue weighted by Gasteiger charge is -2.20. The summed E-state index contributed by atoms with van der Waals surface area (Å²) in [5.41, 5.74) is 1.18. The monoisotopic (exact) mass is 438 g/mol. The molecule has 1 fully saturated rings.